The van der Waals surface area contributed by atoms with Crippen LogP contribution in [0.5, 0.6) is 11.5 Å². The zero-order valence-corrected chi connectivity index (χ0v) is 24.6. The molecule has 1 N–H and O–H groups in total. The van der Waals surface area contributed by atoms with Crippen LogP contribution in [-0.4, -0.2) is 40.7 Å². The molecule has 1 amide bonds. The maximum atomic E-state index is 13.5. The number of Topliss-reactive ketones (excluding diaryl/α,β-unsaturated/α-hetero) is 1. The Morgan fingerprint density at radius 1 is 1.05 bits per heavy atom. The molecule has 4 aromatic rings. The van der Waals surface area contributed by atoms with Crippen molar-refractivity contribution in [2.24, 2.45) is 0 Å². The number of aliphatic hydroxyl groups excluding tert-OH is 1. The lowest BCUT2D eigenvalue weighted by atomic mass is 9.95. The second-order valence-electron chi connectivity index (χ2n) is 9.05. The van der Waals surface area contributed by atoms with E-state index in [1.165, 1.54) is 35.1 Å². The van der Waals surface area contributed by atoms with Gasteiger partial charge in [0, 0.05) is 16.3 Å². The molecule has 3 aromatic carbocycles. The van der Waals surface area contributed by atoms with Crippen molar-refractivity contribution in [3.63, 3.8) is 0 Å². The largest absolute Gasteiger partial charge is 0.507 e. The molecular weight excluding hydrogens is 582 g/mol. The Balaban J connectivity index is 1.55. The average Bonchev–Trinajstić information content (AvgIpc) is 3.57. The van der Waals surface area contributed by atoms with Gasteiger partial charge in [0.1, 0.15) is 17.3 Å². The van der Waals surface area contributed by atoms with Crippen LogP contribution in [0.15, 0.2) is 82.7 Å². The summed E-state index contributed by atoms with van der Waals surface area (Å²) in [6.07, 6.45) is 0.819. The summed E-state index contributed by atoms with van der Waals surface area (Å²) < 4.78 is 11.6. The van der Waals surface area contributed by atoms with Gasteiger partial charge in [-0.05, 0) is 60.0 Å². The molecule has 2 heterocycles. The number of methoxy groups -OCH3 is 1. The molecule has 1 unspecified atom stereocenters. The second-order valence-corrected chi connectivity index (χ2v) is 11.6. The number of anilines is 1. The van der Waals surface area contributed by atoms with Gasteiger partial charge in [-0.2, -0.15) is 0 Å². The van der Waals surface area contributed by atoms with Crippen LogP contribution in [0.2, 0.25) is 5.02 Å². The number of ether oxygens (including phenoxy) is 2. The highest BCUT2D eigenvalue weighted by Crippen LogP contribution is 2.44. The molecule has 0 spiro atoms. The van der Waals surface area contributed by atoms with Crippen LogP contribution in [0.25, 0.3) is 5.76 Å². The van der Waals surface area contributed by atoms with Gasteiger partial charge >= 0.3 is 5.91 Å². The van der Waals surface area contributed by atoms with E-state index < -0.39 is 17.7 Å². The van der Waals surface area contributed by atoms with Crippen molar-refractivity contribution in [3.8, 4) is 11.5 Å². The number of ketones is 1. The minimum atomic E-state index is -0.948. The summed E-state index contributed by atoms with van der Waals surface area (Å²) >= 11 is 8.92. The van der Waals surface area contributed by atoms with Crippen molar-refractivity contribution in [3.05, 3.63) is 100 Å². The summed E-state index contributed by atoms with van der Waals surface area (Å²) in [5.41, 5.74) is 1.86. The first-order valence-electron chi connectivity index (χ1n) is 12.8. The summed E-state index contributed by atoms with van der Waals surface area (Å²) in [6, 6.07) is 20.4. The van der Waals surface area contributed by atoms with Crippen LogP contribution in [0.3, 0.4) is 0 Å². The molecule has 0 aliphatic carbocycles. The number of amides is 1. The molecule has 0 saturated carbocycles. The molecule has 1 atom stereocenters. The zero-order chi connectivity index (χ0) is 28.9. The van der Waals surface area contributed by atoms with Crippen LogP contribution >= 0.6 is 34.7 Å². The monoisotopic (exact) mass is 607 g/mol. The smallest absolute Gasteiger partial charge is 0.301 e. The van der Waals surface area contributed by atoms with E-state index in [1.54, 1.807) is 42.5 Å². The number of halogens is 1. The van der Waals surface area contributed by atoms with Crippen molar-refractivity contribution < 1.29 is 24.2 Å². The van der Waals surface area contributed by atoms with Crippen molar-refractivity contribution in [2.45, 2.75) is 29.5 Å². The first-order chi connectivity index (χ1) is 19.9. The van der Waals surface area contributed by atoms with Crippen LogP contribution in [0.4, 0.5) is 5.13 Å². The van der Waals surface area contributed by atoms with Gasteiger partial charge in [-0.1, -0.05) is 72.0 Å². The minimum Gasteiger partial charge on any atom is -0.507 e. The molecule has 41 heavy (non-hydrogen) atoms. The lowest BCUT2D eigenvalue weighted by Crippen LogP contribution is -2.29. The van der Waals surface area contributed by atoms with E-state index >= 15 is 0 Å². The summed E-state index contributed by atoms with van der Waals surface area (Å²) in [6.45, 7) is 2.52. The number of aromatic nitrogens is 2. The predicted molar refractivity (Wildman–Crippen MR) is 161 cm³/mol. The van der Waals surface area contributed by atoms with E-state index in [9.17, 15) is 14.7 Å². The van der Waals surface area contributed by atoms with Crippen molar-refractivity contribution in [1.82, 2.24) is 10.2 Å². The molecular formula is C30H26ClN3O5S2. The van der Waals surface area contributed by atoms with Crippen LogP contribution in [-0.2, 0) is 15.3 Å². The third-order valence-electron chi connectivity index (χ3n) is 6.37. The molecule has 210 valence electrons. The Hall–Kier alpha value is -3.86. The molecule has 1 aromatic heterocycles. The maximum absolute atomic E-state index is 13.5. The van der Waals surface area contributed by atoms with Crippen molar-refractivity contribution in [1.29, 1.82) is 0 Å². The summed E-state index contributed by atoms with van der Waals surface area (Å²) in [5.74, 6) is -0.170. The Kier molecular flexibility index (Phi) is 8.92. The topological polar surface area (TPSA) is 102 Å². The fraction of sp³-hybridized carbons (Fsp3) is 0.200. The van der Waals surface area contributed by atoms with Gasteiger partial charge < -0.3 is 14.6 Å². The Morgan fingerprint density at radius 3 is 2.56 bits per heavy atom. The SMILES string of the molecule is CCCOc1cccc(C2C(=C(O)c3ccc(OC)cc3)C(=O)C(=O)N2c2nnc(SCc3ccccc3Cl)s2)c1. The summed E-state index contributed by atoms with van der Waals surface area (Å²) in [5, 5.41) is 20.8. The molecule has 1 saturated heterocycles. The summed E-state index contributed by atoms with van der Waals surface area (Å²) in [4.78, 5) is 28.3. The van der Waals surface area contributed by atoms with Gasteiger partial charge in [0.2, 0.25) is 5.13 Å². The molecule has 8 nitrogen and oxygen atoms in total. The molecule has 1 aliphatic heterocycles. The van der Waals surface area contributed by atoms with Gasteiger partial charge in [0.15, 0.2) is 4.34 Å². The van der Waals surface area contributed by atoms with Gasteiger partial charge in [0.05, 0.1) is 25.3 Å². The number of hydrogen-bond donors (Lipinski definition) is 1. The van der Waals surface area contributed by atoms with Crippen molar-refractivity contribution in [2.75, 3.05) is 18.6 Å². The second kappa shape index (κ2) is 12.8. The van der Waals surface area contributed by atoms with E-state index in [-0.39, 0.29) is 16.5 Å². The first-order valence-corrected chi connectivity index (χ1v) is 15.0. The lowest BCUT2D eigenvalue weighted by molar-refractivity contribution is -0.132. The highest BCUT2D eigenvalue weighted by molar-refractivity contribution is 8.00. The Morgan fingerprint density at radius 2 is 1.83 bits per heavy atom. The summed E-state index contributed by atoms with van der Waals surface area (Å²) in [7, 11) is 1.54. The fourth-order valence-electron chi connectivity index (χ4n) is 4.36. The number of benzene rings is 3. The Bertz CT molecular complexity index is 1610. The molecule has 5 rings (SSSR count). The van der Waals surface area contributed by atoms with Gasteiger partial charge in [-0.15, -0.1) is 10.2 Å². The average molecular weight is 608 g/mol. The van der Waals surface area contributed by atoms with Gasteiger partial charge in [-0.25, -0.2) is 0 Å². The number of carbonyl (C=O) groups is 2. The fourth-order valence-corrected chi connectivity index (χ4v) is 6.51. The number of rotatable bonds is 10. The number of nitrogens with zero attached hydrogens (tertiary/aromatic N) is 3. The quantitative estimate of drug-likeness (QED) is 0.0682. The highest BCUT2D eigenvalue weighted by atomic mass is 35.5. The third-order valence-corrected chi connectivity index (χ3v) is 8.84. The van der Waals surface area contributed by atoms with E-state index in [0.29, 0.717) is 44.3 Å². The van der Waals surface area contributed by atoms with Crippen molar-refractivity contribution >= 4 is 57.3 Å². The maximum Gasteiger partial charge on any atom is 0.301 e. The number of hydrogen-bond acceptors (Lipinski definition) is 9. The molecule has 11 heteroatoms. The predicted octanol–water partition coefficient (Wildman–Crippen LogP) is 6.91. The first kappa shape index (κ1) is 28.7. The van der Waals surface area contributed by atoms with E-state index in [1.807, 2.05) is 37.3 Å². The van der Waals surface area contributed by atoms with E-state index in [0.717, 1.165) is 12.0 Å². The molecule has 1 fully saturated rings. The van der Waals surface area contributed by atoms with E-state index in [2.05, 4.69) is 10.2 Å². The number of carbonyl (C=O) groups excluding carboxylic acids is 2. The van der Waals surface area contributed by atoms with E-state index in [4.69, 9.17) is 21.1 Å². The zero-order valence-electron chi connectivity index (χ0n) is 22.2. The van der Waals surface area contributed by atoms with Crippen LogP contribution in [0.1, 0.15) is 36.1 Å². The third kappa shape index (κ3) is 6.09. The Labute approximate surface area is 250 Å². The lowest BCUT2D eigenvalue weighted by Gasteiger charge is -2.23. The highest BCUT2D eigenvalue weighted by Gasteiger charge is 2.48. The number of thioether (sulfide) groups is 1. The van der Waals surface area contributed by atoms with Gasteiger partial charge in [-0.3, -0.25) is 14.5 Å². The van der Waals surface area contributed by atoms with Gasteiger partial charge in [0.25, 0.3) is 5.78 Å². The molecule has 0 radical (unpaired) electrons. The number of aliphatic hydroxyl groups is 1. The normalized spacial score (nSPS) is 16.3. The minimum absolute atomic E-state index is 0.0479. The molecule has 0 bridgehead atoms. The standard InChI is InChI=1S/C30H26ClN3O5S2/c1-3-15-39-22-9-6-8-19(16-22)25-24(26(35)18-11-13-21(38-2)14-12-18)27(36)28(37)34(25)29-32-33-30(41-29)40-17-20-7-4-5-10-23(20)31/h4-14,16,25,35H,3,15,17H2,1-2H3. The van der Waals surface area contributed by atoms with Crippen LogP contribution < -0.4 is 14.4 Å². The van der Waals surface area contributed by atoms with Crippen LogP contribution in [0, 0.1) is 0 Å². The molecule has 1 aliphatic rings.